The maximum Gasteiger partial charge on any atom is 0.223 e. The van der Waals surface area contributed by atoms with Gasteiger partial charge in [0.15, 0.2) is 0 Å². The predicted molar refractivity (Wildman–Crippen MR) is 107 cm³/mol. The van der Waals surface area contributed by atoms with Gasteiger partial charge in [-0.05, 0) is 42.2 Å². The molecule has 0 bridgehead atoms. The third-order valence-electron chi connectivity index (χ3n) is 4.89. The molecular weight excluding hydrogens is 403 g/mol. The second kappa shape index (κ2) is 9.03. The summed E-state index contributed by atoms with van der Waals surface area (Å²) in [5, 5.41) is 3.48. The minimum absolute atomic E-state index is 0.0875. The van der Waals surface area contributed by atoms with Gasteiger partial charge in [-0.3, -0.25) is 4.79 Å². The highest BCUT2D eigenvalue weighted by atomic mass is 35.5. The minimum atomic E-state index is -3.50. The number of sulfonamides is 1. The molecule has 1 amide bonds. The minimum Gasteiger partial charge on any atom is -0.352 e. The van der Waals surface area contributed by atoms with Crippen molar-refractivity contribution in [2.24, 2.45) is 5.92 Å². The molecule has 1 fully saturated rings. The van der Waals surface area contributed by atoms with Crippen molar-refractivity contribution in [3.05, 3.63) is 70.5 Å². The highest BCUT2D eigenvalue weighted by Crippen LogP contribution is 2.22. The van der Waals surface area contributed by atoms with Gasteiger partial charge in [0.2, 0.25) is 15.9 Å². The Morgan fingerprint density at radius 3 is 2.39 bits per heavy atom. The molecule has 2 aromatic rings. The maximum atomic E-state index is 13.0. The van der Waals surface area contributed by atoms with E-state index in [2.05, 4.69) is 5.32 Å². The molecule has 1 saturated heterocycles. The summed E-state index contributed by atoms with van der Waals surface area (Å²) in [5.41, 5.74) is 1.39. The summed E-state index contributed by atoms with van der Waals surface area (Å²) < 4.78 is 39.6. The van der Waals surface area contributed by atoms with Crippen LogP contribution in [0.25, 0.3) is 0 Å². The first-order chi connectivity index (χ1) is 13.3. The summed E-state index contributed by atoms with van der Waals surface area (Å²) in [6, 6.07) is 12.8. The van der Waals surface area contributed by atoms with Gasteiger partial charge in [0.05, 0.1) is 5.75 Å². The lowest BCUT2D eigenvalue weighted by Crippen LogP contribution is -2.43. The van der Waals surface area contributed by atoms with Gasteiger partial charge < -0.3 is 5.32 Å². The lowest BCUT2D eigenvalue weighted by Gasteiger charge is -2.30. The molecule has 28 heavy (non-hydrogen) atoms. The number of nitrogens with one attached hydrogen (secondary N) is 1. The Morgan fingerprint density at radius 2 is 1.75 bits per heavy atom. The molecule has 1 heterocycles. The Bertz CT molecular complexity index is 927. The van der Waals surface area contributed by atoms with Gasteiger partial charge in [0.1, 0.15) is 5.82 Å². The first kappa shape index (κ1) is 20.8. The number of piperidine rings is 1. The van der Waals surface area contributed by atoms with E-state index in [0.29, 0.717) is 43.1 Å². The van der Waals surface area contributed by atoms with Crippen molar-refractivity contribution < 1.29 is 17.6 Å². The molecule has 0 aromatic heterocycles. The number of hydrogen-bond acceptors (Lipinski definition) is 3. The van der Waals surface area contributed by atoms with Gasteiger partial charge in [-0.25, -0.2) is 17.1 Å². The Kier molecular flexibility index (Phi) is 6.69. The Labute approximate surface area is 169 Å². The van der Waals surface area contributed by atoms with Gasteiger partial charge in [-0.15, -0.1) is 0 Å². The zero-order valence-electron chi connectivity index (χ0n) is 15.3. The summed E-state index contributed by atoms with van der Waals surface area (Å²) in [7, 11) is -3.50. The van der Waals surface area contributed by atoms with E-state index in [4.69, 9.17) is 11.6 Å². The SMILES string of the molecule is O=C(NCc1ccccc1Cl)C1CCN(S(=O)(=O)Cc2ccc(F)cc2)CC1. The number of hydrogen-bond donors (Lipinski definition) is 1. The second-order valence-electron chi connectivity index (χ2n) is 6.87. The van der Waals surface area contributed by atoms with Crippen molar-refractivity contribution in [1.29, 1.82) is 0 Å². The highest BCUT2D eigenvalue weighted by Gasteiger charge is 2.31. The molecule has 2 aromatic carbocycles. The van der Waals surface area contributed by atoms with Crippen LogP contribution in [0.2, 0.25) is 5.02 Å². The number of carbonyl (C=O) groups excluding carboxylic acids is 1. The second-order valence-corrected chi connectivity index (χ2v) is 9.24. The lowest BCUT2D eigenvalue weighted by molar-refractivity contribution is -0.126. The average Bonchev–Trinajstić information content (AvgIpc) is 2.69. The molecule has 150 valence electrons. The van der Waals surface area contributed by atoms with Gasteiger partial charge >= 0.3 is 0 Å². The first-order valence-corrected chi connectivity index (χ1v) is 11.1. The molecule has 0 radical (unpaired) electrons. The van der Waals surface area contributed by atoms with E-state index >= 15 is 0 Å². The zero-order valence-corrected chi connectivity index (χ0v) is 16.8. The molecule has 0 aliphatic carbocycles. The zero-order chi connectivity index (χ0) is 20.1. The molecule has 3 rings (SSSR count). The predicted octanol–water partition coefficient (Wildman–Crippen LogP) is 3.34. The third-order valence-corrected chi connectivity index (χ3v) is 7.11. The van der Waals surface area contributed by atoms with Crippen LogP contribution in [0.4, 0.5) is 4.39 Å². The van der Waals surface area contributed by atoms with E-state index < -0.39 is 15.8 Å². The molecular formula is C20H22ClFN2O3S. The Morgan fingerprint density at radius 1 is 1.11 bits per heavy atom. The molecule has 8 heteroatoms. The molecule has 0 saturated carbocycles. The number of halogens is 2. The summed E-state index contributed by atoms with van der Waals surface area (Å²) in [6.45, 7) is 0.947. The largest absolute Gasteiger partial charge is 0.352 e. The van der Waals surface area contributed by atoms with Crippen molar-refractivity contribution in [3.8, 4) is 0 Å². The number of amides is 1. The molecule has 1 aliphatic rings. The smallest absolute Gasteiger partial charge is 0.223 e. The van der Waals surface area contributed by atoms with E-state index in [-0.39, 0.29) is 17.6 Å². The van der Waals surface area contributed by atoms with Crippen LogP contribution in [0.3, 0.4) is 0 Å². The van der Waals surface area contributed by atoms with Crippen LogP contribution in [0.15, 0.2) is 48.5 Å². The van der Waals surface area contributed by atoms with E-state index in [9.17, 15) is 17.6 Å². The summed E-state index contributed by atoms with van der Waals surface area (Å²) >= 11 is 6.09. The monoisotopic (exact) mass is 424 g/mol. The van der Waals surface area contributed by atoms with Crippen LogP contribution >= 0.6 is 11.6 Å². The average molecular weight is 425 g/mol. The first-order valence-electron chi connectivity index (χ1n) is 9.08. The molecule has 0 spiro atoms. The topological polar surface area (TPSA) is 66.5 Å². The van der Waals surface area contributed by atoms with Gasteiger partial charge in [0, 0.05) is 30.6 Å². The number of rotatable bonds is 6. The van der Waals surface area contributed by atoms with Gasteiger partial charge in [-0.1, -0.05) is 41.9 Å². The standard InChI is InChI=1S/C20H22ClFN2O3S/c21-19-4-2-1-3-17(19)13-23-20(25)16-9-11-24(12-10-16)28(26,27)14-15-5-7-18(22)8-6-15/h1-8,16H,9-14H2,(H,23,25). The molecule has 5 nitrogen and oxygen atoms in total. The maximum absolute atomic E-state index is 13.0. The van der Waals surface area contributed by atoms with Crippen molar-refractivity contribution >= 4 is 27.5 Å². The summed E-state index contributed by atoms with van der Waals surface area (Å²) in [4.78, 5) is 12.4. The fourth-order valence-electron chi connectivity index (χ4n) is 3.25. The van der Waals surface area contributed by atoms with E-state index in [1.54, 1.807) is 6.07 Å². The van der Waals surface area contributed by atoms with Crippen LogP contribution in [-0.2, 0) is 27.1 Å². The third kappa shape index (κ3) is 5.31. The lowest BCUT2D eigenvalue weighted by atomic mass is 9.97. The highest BCUT2D eigenvalue weighted by molar-refractivity contribution is 7.88. The fraction of sp³-hybridized carbons (Fsp3) is 0.350. The number of carbonyl (C=O) groups is 1. The summed E-state index contributed by atoms with van der Waals surface area (Å²) in [6.07, 6.45) is 0.938. The van der Waals surface area contributed by atoms with Crippen LogP contribution < -0.4 is 5.32 Å². The normalized spacial score (nSPS) is 16.1. The van der Waals surface area contributed by atoms with Crippen LogP contribution in [0.5, 0.6) is 0 Å². The van der Waals surface area contributed by atoms with E-state index in [1.807, 2.05) is 18.2 Å². The van der Waals surface area contributed by atoms with Crippen molar-refractivity contribution in [3.63, 3.8) is 0 Å². The molecule has 0 atom stereocenters. The van der Waals surface area contributed by atoms with Crippen molar-refractivity contribution in [2.75, 3.05) is 13.1 Å². The van der Waals surface area contributed by atoms with Crippen LogP contribution in [-0.4, -0.2) is 31.7 Å². The fourth-order valence-corrected chi connectivity index (χ4v) is 5.01. The molecule has 0 unspecified atom stereocenters. The van der Waals surface area contributed by atoms with E-state index in [0.717, 1.165) is 5.56 Å². The van der Waals surface area contributed by atoms with Crippen molar-refractivity contribution in [1.82, 2.24) is 9.62 Å². The van der Waals surface area contributed by atoms with Gasteiger partial charge in [-0.2, -0.15) is 0 Å². The Balaban J connectivity index is 1.51. The van der Waals surface area contributed by atoms with E-state index in [1.165, 1.54) is 28.6 Å². The number of benzene rings is 2. The van der Waals surface area contributed by atoms with Crippen molar-refractivity contribution in [2.45, 2.75) is 25.1 Å². The van der Waals surface area contributed by atoms with Crippen LogP contribution in [0.1, 0.15) is 24.0 Å². The van der Waals surface area contributed by atoms with Crippen LogP contribution in [0, 0.1) is 11.7 Å². The molecule has 1 aliphatic heterocycles. The number of nitrogens with zero attached hydrogens (tertiary/aromatic N) is 1. The quantitative estimate of drug-likeness (QED) is 0.773. The Hall–Kier alpha value is -1.96. The van der Waals surface area contributed by atoms with Gasteiger partial charge in [0.25, 0.3) is 0 Å². The molecule has 1 N–H and O–H groups in total. The summed E-state index contributed by atoms with van der Waals surface area (Å²) in [5.74, 6) is -0.878.